The van der Waals surface area contributed by atoms with Crippen LogP contribution in [0.3, 0.4) is 0 Å². The smallest absolute Gasteiger partial charge is 0.140 e. The molecular formula is C23H27N3O3. The monoisotopic (exact) mass is 393 g/mol. The summed E-state index contributed by atoms with van der Waals surface area (Å²) >= 11 is 0. The molecule has 1 aromatic carbocycles. The number of aryl methyl sites for hydroxylation is 1. The van der Waals surface area contributed by atoms with Gasteiger partial charge in [0.25, 0.3) is 0 Å². The quantitative estimate of drug-likeness (QED) is 0.715. The number of rotatable bonds is 3. The Bertz CT molecular complexity index is 1050. The highest BCUT2D eigenvalue weighted by molar-refractivity contribution is 5.79. The number of aliphatic hydroxyl groups excluding tert-OH is 2. The zero-order valence-corrected chi connectivity index (χ0v) is 16.8. The molecule has 3 aromatic rings. The van der Waals surface area contributed by atoms with E-state index in [-0.39, 0.29) is 6.04 Å². The maximum Gasteiger partial charge on any atom is 0.140 e. The third-order valence-electron chi connectivity index (χ3n) is 6.49. The van der Waals surface area contributed by atoms with Crippen LogP contribution in [0.5, 0.6) is 5.75 Å². The number of hydrogen-bond acceptors (Lipinski definition) is 5. The first-order chi connectivity index (χ1) is 14.0. The van der Waals surface area contributed by atoms with Gasteiger partial charge in [0.2, 0.25) is 0 Å². The molecule has 0 saturated heterocycles. The van der Waals surface area contributed by atoms with Gasteiger partial charge in [-0.05, 0) is 49.7 Å². The minimum Gasteiger partial charge on any atom is -0.487 e. The molecule has 1 fully saturated rings. The Morgan fingerprint density at radius 2 is 2.00 bits per heavy atom. The standard InChI is InChI=1S/C23H27N3O3/c1-14-6-9-24-23-16(14)8-11-26(23)18-12-20(22(28)21(18)27)29-19-5-3-4-15-7-10-25(2)13-17(15)19/h3-6,8-9,11,18,20-22,27-28H,7,10,12-13H2,1-2H3/t18?,20?,21-,22+/m0/s1. The van der Waals surface area contributed by atoms with Gasteiger partial charge in [-0.1, -0.05) is 12.1 Å². The molecule has 152 valence electrons. The molecule has 3 heterocycles. The number of aliphatic hydroxyl groups is 2. The van der Waals surface area contributed by atoms with Gasteiger partial charge in [-0.2, -0.15) is 0 Å². The van der Waals surface area contributed by atoms with Crippen LogP contribution in [0.1, 0.15) is 29.2 Å². The second kappa shape index (κ2) is 7.13. The van der Waals surface area contributed by atoms with Crippen molar-refractivity contribution in [2.75, 3.05) is 13.6 Å². The number of aromatic nitrogens is 2. The molecule has 1 aliphatic carbocycles. The van der Waals surface area contributed by atoms with E-state index in [1.165, 1.54) is 11.1 Å². The van der Waals surface area contributed by atoms with Gasteiger partial charge in [-0.25, -0.2) is 4.98 Å². The summed E-state index contributed by atoms with van der Waals surface area (Å²) in [6.45, 7) is 3.93. The summed E-state index contributed by atoms with van der Waals surface area (Å²) in [6.07, 6.45) is 2.96. The maximum absolute atomic E-state index is 10.8. The Morgan fingerprint density at radius 1 is 1.14 bits per heavy atom. The summed E-state index contributed by atoms with van der Waals surface area (Å²) in [5.74, 6) is 0.817. The lowest BCUT2D eigenvalue weighted by atomic mass is 9.99. The van der Waals surface area contributed by atoms with Crippen LogP contribution in [0.4, 0.5) is 0 Å². The summed E-state index contributed by atoms with van der Waals surface area (Å²) in [5, 5.41) is 22.6. The SMILES string of the molecule is Cc1ccnc2c1ccn2C1CC(Oc2cccc3c2CN(C)CC3)[C@@H](O)[C@H]1O. The molecule has 6 heteroatoms. The van der Waals surface area contributed by atoms with Crippen LogP contribution < -0.4 is 4.74 Å². The third-order valence-corrected chi connectivity index (χ3v) is 6.49. The normalized spacial score (nSPS) is 27.3. The molecule has 2 N–H and O–H groups in total. The Balaban J connectivity index is 1.43. The highest BCUT2D eigenvalue weighted by atomic mass is 16.5. The molecule has 0 spiro atoms. The van der Waals surface area contributed by atoms with E-state index in [0.717, 1.165) is 41.9 Å². The molecule has 29 heavy (non-hydrogen) atoms. The van der Waals surface area contributed by atoms with Gasteiger partial charge in [0.15, 0.2) is 0 Å². The van der Waals surface area contributed by atoms with E-state index in [2.05, 4.69) is 29.9 Å². The zero-order valence-electron chi connectivity index (χ0n) is 16.8. The predicted molar refractivity (Wildman–Crippen MR) is 111 cm³/mol. The van der Waals surface area contributed by atoms with Gasteiger partial charge in [-0.15, -0.1) is 0 Å². The van der Waals surface area contributed by atoms with Crippen molar-refractivity contribution in [3.63, 3.8) is 0 Å². The van der Waals surface area contributed by atoms with Crippen molar-refractivity contribution in [2.24, 2.45) is 0 Å². The van der Waals surface area contributed by atoms with E-state index in [4.69, 9.17) is 4.74 Å². The van der Waals surface area contributed by atoms with E-state index in [9.17, 15) is 10.2 Å². The molecule has 0 bridgehead atoms. The number of benzene rings is 1. The summed E-state index contributed by atoms with van der Waals surface area (Å²) in [4.78, 5) is 6.78. The fourth-order valence-electron chi connectivity index (χ4n) is 4.78. The van der Waals surface area contributed by atoms with E-state index < -0.39 is 18.3 Å². The van der Waals surface area contributed by atoms with Crippen LogP contribution in [-0.2, 0) is 13.0 Å². The van der Waals surface area contributed by atoms with Crippen molar-refractivity contribution in [1.82, 2.24) is 14.5 Å². The fourth-order valence-corrected chi connectivity index (χ4v) is 4.78. The number of hydrogen-bond donors (Lipinski definition) is 2. The Hall–Kier alpha value is -2.41. The van der Waals surface area contributed by atoms with Gasteiger partial charge in [0, 0.05) is 42.9 Å². The summed E-state index contributed by atoms with van der Waals surface area (Å²) in [7, 11) is 2.11. The van der Waals surface area contributed by atoms with E-state index in [0.29, 0.717) is 6.42 Å². The first-order valence-corrected chi connectivity index (χ1v) is 10.3. The Labute approximate surface area is 170 Å². The van der Waals surface area contributed by atoms with Gasteiger partial charge in [0.1, 0.15) is 29.7 Å². The summed E-state index contributed by atoms with van der Waals surface area (Å²) in [6, 6.07) is 9.87. The van der Waals surface area contributed by atoms with E-state index in [1.807, 2.05) is 35.0 Å². The topological polar surface area (TPSA) is 70.8 Å². The molecular weight excluding hydrogens is 366 g/mol. The number of likely N-dealkylation sites (N-methyl/N-ethyl adjacent to an activating group) is 1. The van der Waals surface area contributed by atoms with Crippen molar-refractivity contribution >= 4 is 11.0 Å². The molecule has 2 aromatic heterocycles. The lowest BCUT2D eigenvalue weighted by Crippen LogP contribution is -2.35. The van der Waals surface area contributed by atoms with Crippen molar-refractivity contribution in [2.45, 2.75) is 50.7 Å². The predicted octanol–water partition coefficient (Wildman–Crippen LogP) is 2.45. The summed E-state index contributed by atoms with van der Waals surface area (Å²) in [5.41, 5.74) is 4.48. The molecule has 4 atom stereocenters. The van der Waals surface area contributed by atoms with Crippen LogP contribution in [0.25, 0.3) is 11.0 Å². The second-order valence-electron chi connectivity index (χ2n) is 8.41. The zero-order chi connectivity index (χ0) is 20.1. The lowest BCUT2D eigenvalue weighted by Gasteiger charge is -2.28. The molecule has 0 radical (unpaired) electrons. The van der Waals surface area contributed by atoms with Crippen molar-refractivity contribution in [3.8, 4) is 5.75 Å². The first kappa shape index (κ1) is 18.6. The van der Waals surface area contributed by atoms with Crippen LogP contribution in [0.2, 0.25) is 0 Å². The number of pyridine rings is 1. The molecule has 0 amide bonds. The Kier molecular flexibility index (Phi) is 4.57. The molecule has 6 nitrogen and oxygen atoms in total. The maximum atomic E-state index is 10.8. The van der Waals surface area contributed by atoms with Crippen molar-refractivity contribution < 1.29 is 14.9 Å². The minimum atomic E-state index is -0.945. The number of ether oxygens (including phenoxy) is 1. The molecule has 1 saturated carbocycles. The van der Waals surface area contributed by atoms with Crippen LogP contribution in [0, 0.1) is 6.92 Å². The highest BCUT2D eigenvalue weighted by Gasteiger charge is 2.44. The number of nitrogens with zero attached hydrogens (tertiary/aromatic N) is 3. The van der Waals surface area contributed by atoms with Crippen LogP contribution in [0.15, 0.2) is 42.7 Å². The van der Waals surface area contributed by atoms with Gasteiger partial charge in [0.05, 0.1) is 6.04 Å². The van der Waals surface area contributed by atoms with Gasteiger partial charge < -0.3 is 24.4 Å². The molecule has 1 aliphatic heterocycles. The van der Waals surface area contributed by atoms with Crippen LogP contribution in [-0.4, -0.2) is 56.6 Å². The van der Waals surface area contributed by atoms with Crippen molar-refractivity contribution in [1.29, 1.82) is 0 Å². The van der Waals surface area contributed by atoms with E-state index in [1.54, 1.807) is 6.20 Å². The second-order valence-corrected chi connectivity index (χ2v) is 8.41. The third kappa shape index (κ3) is 3.12. The minimum absolute atomic E-state index is 0.274. The molecule has 2 aliphatic rings. The average Bonchev–Trinajstić information content (AvgIpc) is 3.26. The largest absolute Gasteiger partial charge is 0.487 e. The van der Waals surface area contributed by atoms with Crippen LogP contribution >= 0.6 is 0 Å². The molecule has 5 rings (SSSR count). The highest BCUT2D eigenvalue weighted by Crippen LogP contribution is 2.37. The lowest BCUT2D eigenvalue weighted by molar-refractivity contribution is -0.0167. The molecule has 2 unspecified atom stereocenters. The fraction of sp³-hybridized carbons (Fsp3) is 0.435. The van der Waals surface area contributed by atoms with Gasteiger partial charge in [-0.3, -0.25) is 0 Å². The Morgan fingerprint density at radius 3 is 2.86 bits per heavy atom. The summed E-state index contributed by atoms with van der Waals surface area (Å²) < 4.78 is 8.28. The number of fused-ring (bicyclic) bond motifs is 2. The van der Waals surface area contributed by atoms with Crippen molar-refractivity contribution in [3.05, 3.63) is 59.4 Å². The first-order valence-electron chi connectivity index (χ1n) is 10.3. The van der Waals surface area contributed by atoms with Gasteiger partial charge >= 0.3 is 0 Å². The van der Waals surface area contributed by atoms with E-state index >= 15 is 0 Å². The average molecular weight is 393 g/mol.